The number of phenolic OH excluding ortho intramolecular Hbond substituents is 1. The van der Waals surface area contributed by atoms with Crippen molar-refractivity contribution in [2.75, 3.05) is 0 Å². The highest BCUT2D eigenvalue weighted by molar-refractivity contribution is 6.31. The fourth-order valence-corrected chi connectivity index (χ4v) is 1.78. The van der Waals surface area contributed by atoms with Crippen molar-refractivity contribution in [3.05, 3.63) is 58.6 Å². The molecular weight excluding hydrogens is 293 g/mol. The van der Waals surface area contributed by atoms with E-state index in [1.165, 1.54) is 24.3 Å². The van der Waals surface area contributed by atoms with Gasteiger partial charge in [-0.05, 0) is 36.4 Å². The van der Waals surface area contributed by atoms with Gasteiger partial charge in [-0.3, -0.25) is 0 Å². The zero-order chi connectivity index (χ0) is 14.8. The molecule has 0 saturated heterocycles. The van der Waals surface area contributed by atoms with Crippen LogP contribution in [0.3, 0.4) is 0 Å². The topological polar surface area (TPSA) is 29.5 Å². The second kappa shape index (κ2) is 5.63. The summed E-state index contributed by atoms with van der Waals surface area (Å²) in [4.78, 5) is 0. The molecule has 0 aliphatic heterocycles. The van der Waals surface area contributed by atoms with Crippen molar-refractivity contribution < 1.29 is 23.0 Å². The first-order chi connectivity index (χ1) is 9.36. The molecule has 0 aromatic heterocycles. The van der Waals surface area contributed by atoms with Gasteiger partial charge < -0.3 is 9.84 Å². The Morgan fingerprint density at radius 1 is 1.05 bits per heavy atom. The Kier molecular flexibility index (Phi) is 4.09. The first-order valence-corrected chi connectivity index (χ1v) is 6.01. The first-order valence-electron chi connectivity index (χ1n) is 5.64. The number of alkyl halides is 3. The molecule has 20 heavy (non-hydrogen) atoms. The number of phenols is 1. The van der Waals surface area contributed by atoms with E-state index in [-0.39, 0.29) is 12.4 Å². The summed E-state index contributed by atoms with van der Waals surface area (Å²) in [5, 5.41) is 9.53. The molecule has 2 aromatic rings. The van der Waals surface area contributed by atoms with E-state index in [0.717, 1.165) is 12.1 Å². The number of benzene rings is 2. The van der Waals surface area contributed by atoms with Crippen molar-refractivity contribution in [3.8, 4) is 11.5 Å². The third-order valence-corrected chi connectivity index (χ3v) is 2.96. The predicted molar refractivity (Wildman–Crippen MR) is 68.9 cm³/mol. The maximum atomic E-state index is 12.4. The molecule has 0 spiro atoms. The highest BCUT2D eigenvalue weighted by atomic mass is 35.5. The maximum absolute atomic E-state index is 12.4. The van der Waals surface area contributed by atoms with Crippen molar-refractivity contribution in [1.82, 2.24) is 0 Å². The third-order valence-electron chi connectivity index (χ3n) is 2.61. The van der Waals surface area contributed by atoms with Gasteiger partial charge in [-0.1, -0.05) is 17.7 Å². The van der Waals surface area contributed by atoms with Crippen LogP contribution in [0.5, 0.6) is 11.5 Å². The summed E-state index contributed by atoms with van der Waals surface area (Å²) in [6.45, 7) is 0.102. The number of aromatic hydroxyl groups is 1. The second-order valence-electron chi connectivity index (χ2n) is 4.09. The van der Waals surface area contributed by atoms with Gasteiger partial charge in [0.05, 0.1) is 10.6 Å². The van der Waals surface area contributed by atoms with E-state index < -0.39 is 11.7 Å². The van der Waals surface area contributed by atoms with E-state index >= 15 is 0 Å². The molecule has 0 radical (unpaired) electrons. The van der Waals surface area contributed by atoms with Crippen LogP contribution in [0.2, 0.25) is 5.02 Å². The fourth-order valence-electron chi connectivity index (χ4n) is 1.55. The van der Waals surface area contributed by atoms with Crippen LogP contribution in [0.25, 0.3) is 0 Å². The van der Waals surface area contributed by atoms with Gasteiger partial charge in [-0.15, -0.1) is 0 Å². The van der Waals surface area contributed by atoms with Crippen LogP contribution in [0, 0.1) is 0 Å². The molecular formula is C14H10ClF3O2. The van der Waals surface area contributed by atoms with Gasteiger partial charge in [-0.2, -0.15) is 13.2 Å². The Bertz CT molecular complexity index is 594. The molecule has 2 nitrogen and oxygen atoms in total. The fraction of sp³-hybridized carbons (Fsp3) is 0.143. The summed E-state index contributed by atoms with van der Waals surface area (Å²) in [6, 6.07) is 8.81. The highest BCUT2D eigenvalue weighted by Crippen LogP contribution is 2.30. The summed E-state index contributed by atoms with van der Waals surface area (Å²) in [6.07, 6.45) is -4.36. The van der Waals surface area contributed by atoms with Gasteiger partial charge in [0.15, 0.2) is 0 Å². The van der Waals surface area contributed by atoms with Gasteiger partial charge in [0.25, 0.3) is 0 Å². The van der Waals surface area contributed by atoms with Crippen molar-refractivity contribution >= 4 is 11.6 Å². The lowest BCUT2D eigenvalue weighted by molar-refractivity contribution is -0.137. The molecule has 0 atom stereocenters. The number of rotatable bonds is 3. The molecule has 0 aliphatic rings. The van der Waals surface area contributed by atoms with Crippen LogP contribution in [-0.4, -0.2) is 5.11 Å². The van der Waals surface area contributed by atoms with Crippen molar-refractivity contribution in [1.29, 1.82) is 0 Å². The predicted octanol–water partition coefficient (Wildman–Crippen LogP) is 4.64. The highest BCUT2D eigenvalue weighted by Gasteiger charge is 2.29. The zero-order valence-corrected chi connectivity index (χ0v) is 10.9. The summed E-state index contributed by atoms with van der Waals surface area (Å²) >= 11 is 5.89. The van der Waals surface area contributed by atoms with Crippen molar-refractivity contribution in [2.45, 2.75) is 12.8 Å². The number of ether oxygens (including phenoxy) is 1. The Morgan fingerprint density at radius 3 is 2.25 bits per heavy atom. The van der Waals surface area contributed by atoms with Gasteiger partial charge in [0.1, 0.15) is 18.1 Å². The maximum Gasteiger partial charge on any atom is 0.416 e. The lowest BCUT2D eigenvalue weighted by Gasteiger charge is -2.10. The van der Waals surface area contributed by atoms with Crippen LogP contribution < -0.4 is 4.74 Å². The van der Waals surface area contributed by atoms with E-state index in [1.54, 1.807) is 6.07 Å². The summed E-state index contributed by atoms with van der Waals surface area (Å²) in [7, 11) is 0. The molecule has 2 aromatic carbocycles. The molecule has 0 unspecified atom stereocenters. The molecule has 0 heterocycles. The molecule has 1 N–H and O–H groups in total. The SMILES string of the molecule is Oc1ccc(COc2ccc(C(F)(F)F)cc2)c(Cl)c1. The van der Waals surface area contributed by atoms with Crippen LogP contribution in [0.4, 0.5) is 13.2 Å². The summed E-state index contributed by atoms with van der Waals surface area (Å²) in [5.41, 5.74) is -0.100. The molecule has 106 valence electrons. The van der Waals surface area contributed by atoms with Gasteiger partial charge in [-0.25, -0.2) is 0 Å². The van der Waals surface area contributed by atoms with Gasteiger partial charge in [0.2, 0.25) is 0 Å². The van der Waals surface area contributed by atoms with Gasteiger partial charge in [0, 0.05) is 5.56 Å². The largest absolute Gasteiger partial charge is 0.508 e. The molecule has 0 saturated carbocycles. The number of hydrogen-bond acceptors (Lipinski definition) is 2. The van der Waals surface area contributed by atoms with Crippen LogP contribution in [0.15, 0.2) is 42.5 Å². The van der Waals surface area contributed by atoms with Crippen molar-refractivity contribution in [2.24, 2.45) is 0 Å². The molecule has 0 bridgehead atoms. The standard InChI is InChI=1S/C14H10ClF3O2/c15-13-7-11(19)4-1-9(13)8-20-12-5-2-10(3-6-12)14(16,17)18/h1-7,19H,8H2. The minimum Gasteiger partial charge on any atom is -0.508 e. The second-order valence-corrected chi connectivity index (χ2v) is 4.49. The zero-order valence-electron chi connectivity index (χ0n) is 10.1. The molecule has 6 heteroatoms. The van der Waals surface area contributed by atoms with Crippen molar-refractivity contribution in [3.63, 3.8) is 0 Å². The first kappa shape index (κ1) is 14.5. The lowest BCUT2D eigenvalue weighted by Crippen LogP contribution is -2.04. The molecule has 0 amide bonds. The normalized spacial score (nSPS) is 11.4. The molecule has 2 rings (SSSR count). The van der Waals surface area contributed by atoms with E-state index in [1.807, 2.05) is 0 Å². The number of halogens is 4. The monoisotopic (exact) mass is 302 g/mol. The van der Waals surface area contributed by atoms with E-state index in [2.05, 4.69) is 0 Å². The quantitative estimate of drug-likeness (QED) is 0.894. The Hall–Kier alpha value is -1.88. The minimum absolute atomic E-state index is 0.0354. The van der Waals surface area contributed by atoms with Crippen LogP contribution in [-0.2, 0) is 12.8 Å². The van der Waals surface area contributed by atoms with E-state index in [0.29, 0.717) is 16.3 Å². The van der Waals surface area contributed by atoms with Gasteiger partial charge >= 0.3 is 6.18 Å². The molecule has 0 aliphatic carbocycles. The van der Waals surface area contributed by atoms with E-state index in [9.17, 15) is 18.3 Å². The Labute approximate surface area is 118 Å². The third kappa shape index (κ3) is 3.57. The van der Waals surface area contributed by atoms with Crippen LogP contribution >= 0.6 is 11.6 Å². The Balaban J connectivity index is 2.04. The average molecular weight is 303 g/mol. The van der Waals surface area contributed by atoms with E-state index in [4.69, 9.17) is 16.3 Å². The van der Waals surface area contributed by atoms with Crippen LogP contribution in [0.1, 0.15) is 11.1 Å². The minimum atomic E-state index is -4.36. The summed E-state index contributed by atoms with van der Waals surface area (Å²) in [5.74, 6) is 0.343. The Morgan fingerprint density at radius 2 is 1.70 bits per heavy atom. The summed E-state index contributed by atoms with van der Waals surface area (Å²) < 4.78 is 42.5. The molecule has 0 fully saturated rings. The lowest BCUT2D eigenvalue weighted by atomic mass is 10.2. The average Bonchev–Trinajstić information content (AvgIpc) is 2.37. The number of hydrogen-bond donors (Lipinski definition) is 1. The smallest absolute Gasteiger partial charge is 0.416 e.